The van der Waals surface area contributed by atoms with E-state index in [4.69, 9.17) is 23.2 Å². The molecule has 2 rings (SSSR count). The molecule has 94 valence electrons. The zero-order valence-corrected chi connectivity index (χ0v) is 11.3. The number of benzene rings is 1. The summed E-state index contributed by atoms with van der Waals surface area (Å²) in [6.45, 7) is 3.26. The van der Waals surface area contributed by atoms with E-state index in [1.165, 1.54) is 0 Å². The lowest BCUT2D eigenvalue weighted by Crippen LogP contribution is -2.40. The largest absolute Gasteiger partial charge is 0.316 e. The van der Waals surface area contributed by atoms with E-state index < -0.39 is 5.67 Å². The summed E-state index contributed by atoms with van der Waals surface area (Å²) in [6.07, 6.45) is 1.88. The Labute approximate surface area is 111 Å². The number of halogens is 3. The van der Waals surface area contributed by atoms with Gasteiger partial charge in [-0.3, -0.25) is 0 Å². The Kier molecular flexibility index (Phi) is 3.96. The third-order valence-electron chi connectivity index (χ3n) is 3.54. The van der Waals surface area contributed by atoms with Gasteiger partial charge in [-0.1, -0.05) is 35.3 Å². The molecule has 0 spiro atoms. The second-order valence-corrected chi connectivity index (χ2v) is 5.51. The van der Waals surface area contributed by atoms with Gasteiger partial charge in [-0.2, -0.15) is 0 Å². The third kappa shape index (κ3) is 2.59. The molecule has 1 aliphatic rings. The molecule has 2 unspecified atom stereocenters. The van der Waals surface area contributed by atoms with E-state index in [-0.39, 0.29) is 5.92 Å². The standard InChI is InChI=1S/C13H16Cl2FN/c1-13(16,9-4-3-7-17-8-9)10-5-2-6-11(14)12(10)15/h2,5-6,9,17H,3-4,7-8H2,1H3. The molecule has 1 fully saturated rings. The predicted molar refractivity (Wildman–Crippen MR) is 70.5 cm³/mol. The van der Waals surface area contributed by atoms with Crippen LogP contribution in [0.5, 0.6) is 0 Å². The van der Waals surface area contributed by atoms with Crippen molar-refractivity contribution in [3.8, 4) is 0 Å². The molecule has 0 amide bonds. The quantitative estimate of drug-likeness (QED) is 0.854. The van der Waals surface area contributed by atoms with Crippen molar-refractivity contribution in [1.29, 1.82) is 0 Å². The highest BCUT2D eigenvalue weighted by Gasteiger charge is 2.38. The monoisotopic (exact) mass is 275 g/mol. The zero-order chi connectivity index (χ0) is 12.5. The molecule has 1 aliphatic heterocycles. The van der Waals surface area contributed by atoms with Gasteiger partial charge in [0.05, 0.1) is 10.0 Å². The molecule has 1 aromatic rings. The van der Waals surface area contributed by atoms with Gasteiger partial charge in [-0.15, -0.1) is 0 Å². The van der Waals surface area contributed by atoms with Gasteiger partial charge in [-0.25, -0.2) is 4.39 Å². The first-order valence-electron chi connectivity index (χ1n) is 5.87. The van der Waals surface area contributed by atoms with Crippen LogP contribution < -0.4 is 5.32 Å². The fourth-order valence-electron chi connectivity index (χ4n) is 2.42. The smallest absolute Gasteiger partial charge is 0.138 e. The fourth-order valence-corrected chi connectivity index (χ4v) is 2.90. The number of rotatable bonds is 2. The van der Waals surface area contributed by atoms with Crippen LogP contribution >= 0.6 is 23.2 Å². The first-order chi connectivity index (χ1) is 8.03. The molecule has 1 nitrogen and oxygen atoms in total. The molecule has 1 saturated heterocycles. The molecular formula is C13H16Cl2FN. The van der Waals surface area contributed by atoms with E-state index in [1.54, 1.807) is 25.1 Å². The van der Waals surface area contributed by atoms with Gasteiger partial charge in [0.1, 0.15) is 5.67 Å². The highest BCUT2D eigenvalue weighted by atomic mass is 35.5. The maximum absolute atomic E-state index is 15.0. The van der Waals surface area contributed by atoms with Crippen molar-refractivity contribution < 1.29 is 4.39 Å². The van der Waals surface area contributed by atoms with E-state index in [9.17, 15) is 4.39 Å². The van der Waals surface area contributed by atoms with Crippen LogP contribution in [0.4, 0.5) is 4.39 Å². The minimum atomic E-state index is -1.44. The first kappa shape index (κ1) is 13.1. The minimum absolute atomic E-state index is 0.0489. The minimum Gasteiger partial charge on any atom is -0.316 e. The Morgan fingerprint density at radius 3 is 2.82 bits per heavy atom. The third-order valence-corrected chi connectivity index (χ3v) is 4.36. The molecule has 0 aliphatic carbocycles. The number of hydrogen-bond acceptors (Lipinski definition) is 1. The van der Waals surface area contributed by atoms with Crippen LogP contribution in [0.3, 0.4) is 0 Å². The SMILES string of the molecule is CC(F)(c1cccc(Cl)c1Cl)C1CCCNC1. The molecule has 1 heterocycles. The van der Waals surface area contributed by atoms with Crippen LogP contribution in [0.2, 0.25) is 10.0 Å². The summed E-state index contributed by atoms with van der Waals surface area (Å²) in [5.41, 5.74) is -0.935. The molecular weight excluding hydrogens is 260 g/mol. The van der Waals surface area contributed by atoms with Gasteiger partial charge in [0.2, 0.25) is 0 Å². The van der Waals surface area contributed by atoms with Crippen LogP contribution in [-0.2, 0) is 5.67 Å². The van der Waals surface area contributed by atoms with Crippen molar-refractivity contribution in [2.75, 3.05) is 13.1 Å². The van der Waals surface area contributed by atoms with Crippen LogP contribution in [-0.4, -0.2) is 13.1 Å². The van der Waals surface area contributed by atoms with Crippen LogP contribution in [0.15, 0.2) is 18.2 Å². The molecule has 17 heavy (non-hydrogen) atoms. The van der Waals surface area contributed by atoms with Gasteiger partial charge < -0.3 is 5.32 Å². The summed E-state index contributed by atoms with van der Waals surface area (Å²) >= 11 is 12.0. The van der Waals surface area contributed by atoms with Gasteiger partial charge in [0.25, 0.3) is 0 Å². The number of nitrogens with one attached hydrogen (secondary N) is 1. The predicted octanol–water partition coefficient (Wildman–Crippen LogP) is 4.18. The van der Waals surface area contributed by atoms with Crippen LogP contribution in [0.1, 0.15) is 25.3 Å². The molecule has 0 saturated carbocycles. The lowest BCUT2D eigenvalue weighted by molar-refractivity contribution is 0.0813. The van der Waals surface area contributed by atoms with Crippen molar-refractivity contribution in [3.05, 3.63) is 33.8 Å². The van der Waals surface area contributed by atoms with E-state index in [1.807, 2.05) is 0 Å². The van der Waals surface area contributed by atoms with E-state index in [0.29, 0.717) is 22.2 Å². The Balaban J connectivity index is 2.32. The highest BCUT2D eigenvalue weighted by molar-refractivity contribution is 6.42. The summed E-state index contributed by atoms with van der Waals surface area (Å²) in [7, 11) is 0. The number of piperidine rings is 1. The summed E-state index contributed by atoms with van der Waals surface area (Å²) in [5.74, 6) is -0.0489. The van der Waals surface area contributed by atoms with Crippen molar-refractivity contribution >= 4 is 23.2 Å². The summed E-state index contributed by atoms with van der Waals surface area (Å²) in [6, 6.07) is 5.16. The van der Waals surface area contributed by atoms with Crippen LogP contribution in [0.25, 0.3) is 0 Å². The topological polar surface area (TPSA) is 12.0 Å². The Morgan fingerprint density at radius 2 is 2.18 bits per heavy atom. The van der Waals surface area contributed by atoms with Gasteiger partial charge >= 0.3 is 0 Å². The average molecular weight is 276 g/mol. The van der Waals surface area contributed by atoms with Crippen molar-refractivity contribution in [3.63, 3.8) is 0 Å². The summed E-state index contributed by atoms with van der Waals surface area (Å²) < 4.78 is 15.0. The van der Waals surface area contributed by atoms with E-state index in [2.05, 4.69) is 5.32 Å². The van der Waals surface area contributed by atoms with E-state index >= 15 is 0 Å². The second kappa shape index (κ2) is 5.13. The zero-order valence-electron chi connectivity index (χ0n) is 9.77. The van der Waals surface area contributed by atoms with Crippen LogP contribution in [0, 0.1) is 5.92 Å². The first-order valence-corrected chi connectivity index (χ1v) is 6.63. The molecule has 0 radical (unpaired) electrons. The Bertz CT molecular complexity index is 400. The molecule has 1 aromatic carbocycles. The second-order valence-electron chi connectivity index (χ2n) is 4.72. The maximum Gasteiger partial charge on any atom is 0.138 e. The summed E-state index contributed by atoms with van der Waals surface area (Å²) in [4.78, 5) is 0. The van der Waals surface area contributed by atoms with Crippen molar-refractivity contribution in [1.82, 2.24) is 5.32 Å². The average Bonchev–Trinajstić information content (AvgIpc) is 2.33. The number of hydrogen-bond donors (Lipinski definition) is 1. The van der Waals surface area contributed by atoms with E-state index in [0.717, 1.165) is 19.4 Å². The fraction of sp³-hybridized carbons (Fsp3) is 0.538. The molecule has 2 atom stereocenters. The molecule has 0 bridgehead atoms. The normalized spacial score (nSPS) is 24.4. The molecule has 4 heteroatoms. The van der Waals surface area contributed by atoms with Gasteiger partial charge in [0.15, 0.2) is 0 Å². The molecule has 0 aromatic heterocycles. The van der Waals surface area contributed by atoms with Gasteiger partial charge in [0, 0.05) is 18.0 Å². The van der Waals surface area contributed by atoms with Crippen molar-refractivity contribution in [2.45, 2.75) is 25.4 Å². The number of alkyl halides is 1. The Morgan fingerprint density at radius 1 is 1.41 bits per heavy atom. The lowest BCUT2D eigenvalue weighted by atomic mass is 9.80. The molecule has 1 N–H and O–H groups in total. The Hall–Kier alpha value is -0.310. The summed E-state index contributed by atoms with van der Waals surface area (Å²) in [5, 5.41) is 3.98. The lowest BCUT2D eigenvalue weighted by Gasteiger charge is -2.34. The van der Waals surface area contributed by atoms with Crippen molar-refractivity contribution in [2.24, 2.45) is 5.92 Å². The highest BCUT2D eigenvalue weighted by Crippen LogP contribution is 2.42. The maximum atomic E-state index is 15.0. The van der Waals surface area contributed by atoms with Gasteiger partial charge in [-0.05, 0) is 32.4 Å².